The number of amides is 3. The van der Waals surface area contributed by atoms with Crippen LogP contribution in [0.15, 0.2) is 119 Å². The van der Waals surface area contributed by atoms with E-state index < -0.39 is 27.1 Å². The minimum atomic E-state index is -3.84. The van der Waals surface area contributed by atoms with E-state index in [-0.39, 0.29) is 16.5 Å². The molecule has 1 unspecified atom stereocenters. The van der Waals surface area contributed by atoms with Crippen LogP contribution >= 0.6 is 23.4 Å². The molecule has 1 atom stereocenters. The Morgan fingerprint density at radius 2 is 1.55 bits per heavy atom. The second-order valence-corrected chi connectivity index (χ2v) is 12.7. The Kier molecular flexibility index (Phi) is 11.0. The van der Waals surface area contributed by atoms with Crippen molar-refractivity contribution in [3.8, 4) is 0 Å². The minimum absolute atomic E-state index is 0.00993. The fourth-order valence-electron chi connectivity index (χ4n) is 3.97. The summed E-state index contributed by atoms with van der Waals surface area (Å²) in [5.74, 6) is -1.30. The van der Waals surface area contributed by atoms with Gasteiger partial charge >= 0.3 is 0 Å². The molecule has 0 heterocycles. The lowest BCUT2D eigenvalue weighted by molar-refractivity contribution is -0.116. The van der Waals surface area contributed by atoms with Crippen LogP contribution in [0.4, 0.5) is 11.4 Å². The molecule has 4 aromatic rings. The summed E-state index contributed by atoms with van der Waals surface area (Å²) in [5, 5.41) is 13.4. The Bertz CT molecular complexity index is 1800. The van der Waals surface area contributed by atoms with Crippen molar-refractivity contribution in [2.24, 2.45) is 5.14 Å². The molecule has 5 N–H and O–H groups in total. The lowest BCUT2D eigenvalue weighted by atomic mass is 10.1. The van der Waals surface area contributed by atoms with Crippen LogP contribution < -0.4 is 21.1 Å². The van der Waals surface area contributed by atoms with Gasteiger partial charge in [0.25, 0.3) is 11.8 Å². The van der Waals surface area contributed by atoms with E-state index in [2.05, 4.69) is 16.0 Å². The molecule has 0 aromatic heterocycles. The first-order valence-electron chi connectivity index (χ1n) is 13.4. The lowest BCUT2D eigenvalue weighted by Crippen LogP contribution is -2.30. The number of hydrogen-bond donors (Lipinski definition) is 4. The zero-order valence-corrected chi connectivity index (χ0v) is 25.9. The average molecular weight is 649 g/mol. The molecule has 0 aliphatic heterocycles. The zero-order chi connectivity index (χ0) is 31.7. The third kappa shape index (κ3) is 9.04. The van der Waals surface area contributed by atoms with E-state index in [1.807, 2.05) is 13.0 Å². The maximum atomic E-state index is 13.4. The van der Waals surface area contributed by atoms with Gasteiger partial charge in [-0.2, -0.15) is 0 Å². The Morgan fingerprint density at radius 1 is 0.864 bits per heavy atom. The number of primary sulfonamides is 1. The number of thioether (sulfide) groups is 1. The van der Waals surface area contributed by atoms with Crippen LogP contribution in [0, 0.1) is 0 Å². The smallest absolute Gasteiger partial charge is 0.272 e. The fraction of sp³-hybridized carbons (Fsp3) is 0.0938. The van der Waals surface area contributed by atoms with Crippen LogP contribution in [-0.2, 0) is 19.6 Å². The molecule has 0 fully saturated rings. The van der Waals surface area contributed by atoms with Crippen LogP contribution in [0.1, 0.15) is 29.3 Å². The number of hydrogen-bond acceptors (Lipinski definition) is 6. The number of carbonyl (C=O) groups is 3. The number of carbonyl (C=O) groups excluding carboxylic acids is 3. The molecule has 0 radical (unpaired) electrons. The topological polar surface area (TPSA) is 147 Å². The van der Waals surface area contributed by atoms with Gasteiger partial charge in [-0.15, -0.1) is 11.8 Å². The highest BCUT2D eigenvalue weighted by Crippen LogP contribution is 2.29. The van der Waals surface area contributed by atoms with Gasteiger partial charge in [0.05, 0.1) is 10.1 Å². The molecule has 0 aliphatic rings. The van der Waals surface area contributed by atoms with Gasteiger partial charge in [-0.3, -0.25) is 14.4 Å². The minimum Gasteiger partial charge on any atom is -0.325 e. The fourth-order valence-corrected chi connectivity index (χ4v) is 5.69. The maximum Gasteiger partial charge on any atom is 0.272 e. The van der Waals surface area contributed by atoms with E-state index in [0.29, 0.717) is 33.9 Å². The Balaban J connectivity index is 1.48. The van der Waals surface area contributed by atoms with Gasteiger partial charge < -0.3 is 16.0 Å². The molecule has 12 heteroatoms. The van der Waals surface area contributed by atoms with Crippen molar-refractivity contribution in [1.29, 1.82) is 0 Å². The molecule has 4 aromatic carbocycles. The normalized spacial score (nSPS) is 12.2. The Hall–Kier alpha value is -4.42. The number of nitrogens with one attached hydrogen (secondary N) is 3. The Labute approximate surface area is 264 Å². The van der Waals surface area contributed by atoms with Crippen molar-refractivity contribution < 1.29 is 22.8 Å². The lowest BCUT2D eigenvalue weighted by Gasteiger charge is -2.16. The molecule has 0 bridgehead atoms. The van der Waals surface area contributed by atoms with Crippen LogP contribution in [-0.4, -0.2) is 31.4 Å². The van der Waals surface area contributed by atoms with E-state index >= 15 is 0 Å². The third-order valence-electron chi connectivity index (χ3n) is 6.22. The highest BCUT2D eigenvalue weighted by molar-refractivity contribution is 8.00. The van der Waals surface area contributed by atoms with E-state index in [1.54, 1.807) is 72.8 Å². The SMILES string of the molecule is CCC(Sc1cccc(NC(=O)/C(=C\c2ccccc2Cl)NC(=O)c2ccccc2)c1)C(=O)Nc1ccc(S(N)(=O)=O)cc1. The van der Waals surface area contributed by atoms with Crippen LogP contribution in [0.25, 0.3) is 6.08 Å². The van der Waals surface area contributed by atoms with Crippen molar-refractivity contribution >= 4 is 68.6 Å². The van der Waals surface area contributed by atoms with Gasteiger partial charge in [-0.05, 0) is 78.7 Å². The van der Waals surface area contributed by atoms with E-state index in [9.17, 15) is 22.8 Å². The highest BCUT2D eigenvalue weighted by Gasteiger charge is 2.20. The van der Waals surface area contributed by atoms with Gasteiger partial charge in [0.2, 0.25) is 15.9 Å². The monoisotopic (exact) mass is 648 g/mol. The van der Waals surface area contributed by atoms with Gasteiger partial charge in [-0.25, -0.2) is 13.6 Å². The molecule has 4 rings (SSSR count). The number of benzene rings is 4. The van der Waals surface area contributed by atoms with Crippen molar-refractivity contribution in [2.45, 2.75) is 28.4 Å². The second kappa shape index (κ2) is 14.8. The number of halogens is 1. The molecule has 0 aliphatic carbocycles. The number of sulfonamides is 1. The molecular formula is C32H29ClN4O5S2. The van der Waals surface area contributed by atoms with E-state index in [0.717, 1.165) is 4.90 Å². The summed E-state index contributed by atoms with van der Waals surface area (Å²) in [5.41, 5.74) is 1.80. The standard InChI is InChI=1S/C32H29ClN4O5S2/c1-2-29(32(40)35-23-15-17-26(18-16-23)44(34,41)42)43-25-13-8-12-24(20-25)36-31(39)28(19-22-11-6-7-14-27(22)33)37-30(38)21-9-4-3-5-10-21/h3-20,29H,2H2,1H3,(H,35,40)(H,36,39)(H,37,38)(H2,34,41,42)/b28-19+. The van der Waals surface area contributed by atoms with Gasteiger partial charge in [0.1, 0.15) is 5.70 Å². The Morgan fingerprint density at radius 3 is 2.20 bits per heavy atom. The summed E-state index contributed by atoms with van der Waals surface area (Å²) in [4.78, 5) is 40.0. The molecule has 9 nitrogen and oxygen atoms in total. The highest BCUT2D eigenvalue weighted by atomic mass is 35.5. The summed E-state index contributed by atoms with van der Waals surface area (Å²) in [6, 6.07) is 28.0. The summed E-state index contributed by atoms with van der Waals surface area (Å²) in [6.07, 6.45) is 2.00. The van der Waals surface area contributed by atoms with E-state index in [1.165, 1.54) is 42.1 Å². The van der Waals surface area contributed by atoms with Gasteiger partial charge in [0.15, 0.2) is 0 Å². The largest absolute Gasteiger partial charge is 0.325 e. The van der Waals surface area contributed by atoms with E-state index in [4.69, 9.17) is 16.7 Å². The quantitative estimate of drug-likeness (QED) is 0.117. The van der Waals surface area contributed by atoms with Crippen molar-refractivity contribution in [2.75, 3.05) is 10.6 Å². The van der Waals surface area contributed by atoms with Gasteiger partial charge in [0, 0.05) is 26.9 Å². The second-order valence-electron chi connectivity index (χ2n) is 9.46. The molecular weight excluding hydrogens is 620 g/mol. The molecule has 0 saturated carbocycles. The first kappa shape index (κ1) is 32.5. The van der Waals surface area contributed by atoms with Crippen molar-refractivity contribution in [3.63, 3.8) is 0 Å². The molecule has 226 valence electrons. The molecule has 0 saturated heterocycles. The molecule has 3 amide bonds. The molecule has 44 heavy (non-hydrogen) atoms. The van der Waals surface area contributed by atoms with Gasteiger partial charge in [-0.1, -0.05) is 61.0 Å². The predicted octanol–water partition coefficient (Wildman–Crippen LogP) is 5.91. The van der Waals surface area contributed by atoms with Crippen molar-refractivity contribution in [3.05, 3.63) is 125 Å². The van der Waals surface area contributed by atoms with Crippen LogP contribution in [0.3, 0.4) is 0 Å². The first-order chi connectivity index (χ1) is 21.0. The van der Waals surface area contributed by atoms with Crippen LogP contribution in [0.5, 0.6) is 0 Å². The third-order valence-corrected chi connectivity index (χ3v) is 8.85. The number of rotatable bonds is 11. The van der Waals surface area contributed by atoms with Crippen molar-refractivity contribution in [1.82, 2.24) is 5.32 Å². The summed E-state index contributed by atoms with van der Waals surface area (Å²) >= 11 is 7.62. The average Bonchev–Trinajstić information content (AvgIpc) is 3.01. The number of anilines is 2. The molecule has 0 spiro atoms. The summed E-state index contributed by atoms with van der Waals surface area (Å²) < 4.78 is 23.0. The maximum absolute atomic E-state index is 13.4. The predicted molar refractivity (Wildman–Crippen MR) is 175 cm³/mol. The first-order valence-corrected chi connectivity index (χ1v) is 16.2. The number of nitrogens with two attached hydrogens (primary N) is 1. The summed E-state index contributed by atoms with van der Waals surface area (Å²) in [6.45, 7) is 1.87. The van der Waals surface area contributed by atoms with Crippen LogP contribution in [0.2, 0.25) is 5.02 Å². The summed E-state index contributed by atoms with van der Waals surface area (Å²) in [7, 11) is -3.84. The zero-order valence-electron chi connectivity index (χ0n) is 23.5.